The summed E-state index contributed by atoms with van der Waals surface area (Å²) in [5.41, 5.74) is 2.11. The Morgan fingerprint density at radius 3 is 2.52 bits per heavy atom. The van der Waals surface area contributed by atoms with Gasteiger partial charge in [0.2, 0.25) is 0 Å². The first-order valence-corrected chi connectivity index (χ1v) is 9.24. The normalized spacial score (nSPS) is 51.0. The summed E-state index contributed by atoms with van der Waals surface area (Å²) in [5, 5.41) is 20.6. The Balaban J connectivity index is 1.90. The number of hydrogen-bond acceptors (Lipinski definition) is 3. The lowest BCUT2D eigenvalue weighted by Crippen LogP contribution is -2.57. The number of allylic oxidation sites excluding steroid dienone is 1. The fourth-order valence-electron chi connectivity index (χ4n) is 7.57. The molecule has 4 aliphatic carbocycles. The first-order chi connectivity index (χ1) is 10.7. The van der Waals surface area contributed by atoms with Crippen molar-refractivity contribution in [1.82, 2.24) is 0 Å². The molecule has 2 bridgehead atoms. The molecule has 4 aliphatic rings. The quantitative estimate of drug-likeness (QED) is 0.781. The van der Waals surface area contributed by atoms with Crippen LogP contribution in [0.2, 0.25) is 0 Å². The van der Waals surface area contributed by atoms with Gasteiger partial charge < -0.3 is 10.2 Å². The van der Waals surface area contributed by atoms with Crippen molar-refractivity contribution in [3.63, 3.8) is 0 Å². The highest BCUT2D eigenvalue weighted by atomic mass is 16.3. The zero-order chi connectivity index (χ0) is 16.8. The molecule has 0 heterocycles. The maximum absolute atomic E-state index is 12.4. The van der Waals surface area contributed by atoms with E-state index in [1.165, 1.54) is 0 Å². The maximum atomic E-state index is 12.4. The summed E-state index contributed by atoms with van der Waals surface area (Å²) >= 11 is 0. The van der Waals surface area contributed by atoms with E-state index >= 15 is 0 Å². The molecule has 0 aromatic rings. The fraction of sp³-hybridized carbons (Fsp3) is 0.850. The van der Waals surface area contributed by atoms with Crippen molar-refractivity contribution in [3.8, 4) is 0 Å². The van der Waals surface area contributed by atoms with Crippen molar-refractivity contribution in [2.45, 2.75) is 65.9 Å². The van der Waals surface area contributed by atoms with Crippen LogP contribution in [0.3, 0.4) is 0 Å². The second-order valence-corrected chi connectivity index (χ2v) is 9.49. The van der Waals surface area contributed by atoms with Gasteiger partial charge in [0.15, 0.2) is 5.78 Å². The number of carbonyl (C=O) groups is 1. The molecule has 0 aromatic carbocycles. The number of aliphatic hydroxyl groups excluding tert-OH is 2. The largest absolute Gasteiger partial charge is 0.393 e. The van der Waals surface area contributed by atoms with Gasteiger partial charge in [-0.05, 0) is 59.8 Å². The highest BCUT2D eigenvalue weighted by Crippen LogP contribution is 2.76. The van der Waals surface area contributed by atoms with Crippen molar-refractivity contribution >= 4 is 5.78 Å². The van der Waals surface area contributed by atoms with Crippen LogP contribution in [-0.4, -0.2) is 28.7 Å². The molecule has 23 heavy (non-hydrogen) atoms. The van der Waals surface area contributed by atoms with Crippen LogP contribution in [0, 0.1) is 34.0 Å². The van der Waals surface area contributed by atoms with Gasteiger partial charge in [0.25, 0.3) is 0 Å². The van der Waals surface area contributed by atoms with Crippen molar-refractivity contribution in [2.75, 3.05) is 6.61 Å². The summed E-state index contributed by atoms with van der Waals surface area (Å²) in [6.45, 7) is 9.29. The van der Waals surface area contributed by atoms with Crippen LogP contribution in [0.5, 0.6) is 0 Å². The average molecular weight is 318 g/mol. The summed E-state index contributed by atoms with van der Waals surface area (Å²) in [6, 6.07) is 0. The average Bonchev–Trinajstić information content (AvgIpc) is 2.57. The number of rotatable bonds is 1. The summed E-state index contributed by atoms with van der Waals surface area (Å²) in [6.07, 6.45) is 4.25. The Kier molecular flexibility index (Phi) is 3.09. The van der Waals surface area contributed by atoms with Gasteiger partial charge in [-0.2, -0.15) is 0 Å². The van der Waals surface area contributed by atoms with Gasteiger partial charge in [0.1, 0.15) is 0 Å². The van der Waals surface area contributed by atoms with E-state index in [9.17, 15) is 15.0 Å². The third-order valence-corrected chi connectivity index (χ3v) is 8.81. The summed E-state index contributed by atoms with van der Waals surface area (Å²) in [5.74, 6) is 1.51. The third kappa shape index (κ3) is 1.57. The molecule has 0 aliphatic heterocycles. The lowest BCUT2D eigenvalue weighted by Gasteiger charge is -2.59. The summed E-state index contributed by atoms with van der Waals surface area (Å²) in [7, 11) is 0. The number of ketones is 1. The standard InChI is InChI=1S/C20H30O3/c1-11-14(22)7-13-8-16-19(4)9-15(23)17(19)12(10-21)5-6-20(11,16)18(13,2)3/h11,13-14,16,21-22H,5-10H2,1-4H3/t11-,13+,14+,16+,19+,20-/m1/s1. The minimum Gasteiger partial charge on any atom is -0.393 e. The molecule has 0 radical (unpaired) electrons. The van der Waals surface area contributed by atoms with E-state index in [2.05, 4.69) is 27.7 Å². The van der Waals surface area contributed by atoms with Crippen LogP contribution in [0.1, 0.15) is 59.8 Å². The monoisotopic (exact) mass is 318 g/mol. The third-order valence-electron chi connectivity index (χ3n) is 8.81. The van der Waals surface area contributed by atoms with Gasteiger partial charge in [-0.15, -0.1) is 0 Å². The molecular formula is C20H30O3. The van der Waals surface area contributed by atoms with Gasteiger partial charge in [0.05, 0.1) is 12.7 Å². The van der Waals surface area contributed by atoms with Crippen LogP contribution < -0.4 is 0 Å². The van der Waals surface area contributed by atoms with Gasteiger partial charge in [-0.1, -0.05) is 27.7 Å². The molecule has 3 fully saturated rings. The van der Waals surface area contributed by atoms with Gasteiger partial charge in [-0.3, -0.25) is 4.79 Å². The second-order valence-electron chi connectivity index (χ2n) is 9.49. The molecule has 128 valence electrons. The van der Waals surface area contributed by atoms with Crippen LogP contribution >= 0.6 is 0 Å². The van der Waals surface area contributed by atoms with Crippen molar-refractivity contribution < 1.29 is 15.0 Å². The zero-order valence-corrected chi connectivity index (χ0v) is 14.9. The molecule has 3 nitrogen and oxygen atoms in total. The van der Waals surface area contributed by atoms with Gasteiger partial charge in [-0.25, -0.2) is 0 Å². The molecule has 0 saturated heterocycles. The molecule has 1 spiro atoms. The van der Waals surface area contributed by atoms with Crippen LogP contribution in [0.25, 0.3) is 0 Å². The number of aliphatic hydroxyl groups is 2. The van der Waals surface area contributed by atoms with Crippen LogP contribution in [0.4, 0.5) is 0 Å². The van der Waals surface area contributed by atoms with Crippen molar-refractivity contribution in [3.05, 3.63) is 11.1 Å². The number of fused-ring (bicyclic) bond motifs is 3. The fourth-order valence-corrected chi connectivity index (χ4v) is 7.57. The second kappa shape index (κ2) is 4.49. The molecule has 3 heteroatoms. The van der Waals surface area contributed by atoms with E-state index in [4.69, 9.17) is 0 Å². The molecule has 6 atom stereocenters. The molecular weight excluding hydrogens is 288 g/mol. The molecule has 4 rings (SSSR count). The smallest absolute Gasteiger partial charge is 0.160 e. The predicted molar refractivity (Wildman–Crippen MR) is 88.7 cm³/mol. The molecule has 0 aromatic heterocycles. The lowest BCUT2D eigenvalue weighted by molar-refractivity contribution is -0.145. The predicted octanol–water partition coefficient (Wildman–Crippen LogP) is 3.10. The Bertz CT molecular complexity index is 604. The molecule has 0 unspecified atom stereocenters. The lowest BCUT2D eigenvalue weighted by atomic mass is 9.45. The van der Waals surface area contributed by atoms with Crippen molar-refractivity contribution in [1.29, 1.82) is 0 Å². The van der Waals surface area contributed by atoms with Crippen LogP contribution in [0.15, 0.2) is 11.1 Å². The zero-order valence-electron chi connectivity index (χ0n) is 14.9. The SMILES string of the molecule is C[C@@H]1[C@@H](O)C[C@H]2C[C@@H]3[C@]1(CCC(CO)=C1C(=O)C[C@]13C)C2(C)C. The number of carbonyl (C=O) groups excluding carboxylic acids is 1. The summed E-state index contributed by atoms with van der Waals surface area (Å²) < 4.78 is 0. The first kappa shape index (κ1) is 15.8. The van der Waals surface area contributed by atoms with Gasteiger partial charge in [0, 0.05) is 17.4 Å². The van der Waals surface area contributed by atoms with E-state index in [1.54, 1.807) is 0 Å². The first-order valence-electron chi connectivity index (χ1n) is 9.24. The van der Waals surface area contributed by atoms with E-state index in [0.717, 1.165) is 36.8 Å². The van der Waals surface area contributed by atoms with Crippen molar-refractivity contribution in [2.24, 2.45) is 34.0 Å². The highest BCUT2D eigenvalue weighted by molar-refractivity contribution is 6.05. The van der Waals surface area contributed by atoms with E-state index in [-0.39, 0.29) is 40.7 Å². The Morgan fingerprint density at radius 2 is 1.91 bits per heavy atom. The summed E-state index contributed by atoms with van der Waals surface area (Å²) in [4.78, 5) is 12.4. The molecule has 3 saturated carbocycles. The van der Waals surface area contributed by atoms with E-state index in [1.807, 2.05) is 0 Å². The molecule has 0 amide bonds. The van der Waals surface area contributed by atoms with Gasteiger partial charge >= 0.3 is 0 Å². The molecule has 2 N–H and O–H groups in total. The topological polar surface area (TPSA) is 57.5 Å². The maximum Gasteiger partial charge on any atom is 0.160 e. The van der Waals surface area contributed by atoms with Crippen LogP contribution in [-0.2, 0) is 4.79 Å². The van der Waals surface area contributed by atoms with E-state index in [0.29, 0.717) is 18.3 Å². The minimum atomic E-state index is -0.225. The number of Topliss-reactive ketones (excluding diaryl/α,β-unsaturated/α-hetero) is 1. The Morgan fingerprint density at radius 1 is 1.22 bits per heavy atom. The Hall–Kier alpha value is -0.670. The minimum absolute atomic E-state index is 0.0141. The Labute approximate surface area is 139 Å². The van der Waals surface area contributed by atoms with E-state index < -0.39 is 0 Å². The highest BCUT2D eigenvalue weighted by Gasteiger charge is 2.72. The number of hydrogen-bond donors (Lipinski definition) is 2.